The summed E-state index contributed by atoms with van der Waals surface area (Å²) in [5.74, 6) is 1.70. The minimum absolute atomic E-state index is 0.470. The third kappa shape index (κ3) is 6.60. The quantitative estimate of drug-likeness (QED) is 0.227. The maximum Gasteiger partial charge on any atom is 0.252 e. The molecule has 3 rings (SSSR count). The zero-order chi connectivity index (χ0) is 22.1. The summed E-state index contributed by atoms with van der Waals surface area (Å²) in [4.78, 5) is 11.9. The Morgan fingerprint density at radius 1 is 0.677 bits per heavy atom. The van der Waals surface area contributed by atoms with Gasteiger partial charge in [0.15, 0.2) is 0 Å². The Balaban J connectivity index is 1.85. The molecule has 0 aliphatic heterocycles. The molecule has 4 heteroatoms. The largest absolute Gasteiger partial charge is 0.494 e. The Kier molecular flexibility index (Phi) is 8.54. The van der Waals surface area contributed by atoms with Crippen molar-refractivity contribution in [1.29, 1.82) is 0 Å². The van der Waals surface area contributed by atoms with Crippen molar-refractivity contribution in [2.24, 2.45) is 0 Å². The average molecular weight is 437 g/mol. The van der Waals surface area contributed by atoms with Crippen molar-refractivity contribution in [1.82, 2.24) is 0 Å². The number of unbranched alkanes of at least 4 members (excludes halogenated alkanes) is 2. The second-order valence-electron chi connectivity index (χ2n) is 7.53. The summed E-state index contributed by atoms with van der Waals surface area (Å²) in [5.41, 5.74) is 4.35. The number of hydrogen-bond acceptors (Lipinski definition) is 3. The van der Waals surface area contributed by atoms with E-state index in [1.807, 2.05) is 60.7 Å². The zero-order valence-corrected chi connectivity index (χ0v) is 19.0. The lowest BCUT2D eigenvalue weighted by Gasteiger charge is -2.11. The summed E-state index contributed by atoms with van der Waals surface area (Å²) >= 11 is 5.84. The van der Waals surface area contributed by atoms with E-state index in [1.165, 1.54) is 0 Å². The Morgan fingerprint density at radius 2 is 1.10 bits per heavy atom. The molecule has 0 aliphatic rings. The third-order valence-electron chi connectivity index (χ3n) is 5.07. The smallest absolute Gasteiger partial charge is 0.252 e. The molecule has 0 aliphatic carbocycles. The van der Waals surface area contributed by atoms with Crippen molar-refractivity contribution in [2.45, 2.75) is 39.5 Å². The Labute approximate surface area is 190 Å². The highest BCUT2D eigenvalue weighted by molar-refractivity contribution is 6.67. The second-order valence-corrected chi connectivity index (χ2v) is 7.87. The van der Waals surface area contributed by atoms with Gasteiger partial charge in [0, 0.05) is 5.56 Å². The molecule has 0 heterocycles. The van der Waals surface area contributed by atoms with Crippen molar-refractivity contribution >= 4 is 16.8 Å². The van der Waals surface area contributed by atoms with E-state index < -0.39 is 5.24 Å². The van der Waals surface area contributed by atoms with Crippen LogP contribution >= 0.6 is 11.6 Å². The van der Waals surface area contributed by atoms with E-state index in [4.69, 9.17) is 21.1 Å². The molecule has 0 saturated heterocycles. The van der Waals surface area contributed by atoms with Crippen molar-refractivity contribution in [3.05, 3.63) is 72.3 Å². The molecule has 31 heavy (non-hydrogen) atoms. The van der Waals surface area contributed by atoms with Crippen molar-refractivity contribution in [3.63, 3.8) is 0 Å². The van der Waals surface area contributed by atoms with Gasteiger partial charge in [0.25, 0.3) is 5.24 Å². The third-order valence-corrected chi connectivity index (χ3v) is 5.29. The number of carbonyl (C=O) groups is 1. The lowest BCUT2D eigenvalue weighted by atomic mass is 9.96. The summed E-state index contributed by atoms with van der Waals surface area (Å²) in [6.07, 6.45) is 4.28. The van der Waals surface area contributed by atoms with Crippen LogP contribution in [-0.4, -0.2) is 18.5 Å². The fourth-order valence-corrected chi connectivity index (χ4v) is 3.34. The molecule has 3 aromatic carbocycles. The molecule has 0 N–H and O–H groups in total. The zero-order valence-electron chi connectivity index (χ0n) is 18.2. The lowest BCUT2D eigenvalue weighted by Crippen LogP contribution is -1.96. The molecule has 0 bridgehead atoms. The minimum Gasteiger partial charge on any atom is -0.494 e. The van der Waals surface area contributed by atoms with Crippen LogP contribution in [0.25, 0.3) is 22.3 Å². The van der Waals surface area contributed by atoms with E-state index in [0.29, 0.717) is 18.8 Å². The van der Waals surface area contributed by atoms with Crippen LogP contribution in [0, 0.1) is 0 Å². The van der Waals surface area contributed by atoms with Gasteiger partial charge in [-0.3, -0.25) is 4.79 Å². The first-order valence-electron chi connectivity index (χ1n) is 10.9. The van der Waals surface area contributed by atoms with Gasteiger partial charge in [0.1, 0.15) is 11.5 Å². The Bertz CT molecular complexity index is 907. The van der Waals surface area contributed by atoms with Crippen LogP contribution in [0.4, 0.5) is 0 Å². The van der Waals surface area contributed by atoms with Crippen molar-refractivity contribution in [3.8, 4) is 33.8 Å². The fourth-order valence-electron chi connectivity index (χ4n) is 3.23. The van der Waals surface area contributed by atoms with Crippen LogP contribution in [0.2, 0.25) is 0 Å². The molecule has 0 atom stereocenters. The summed E-state index contributed by atoms with van der Waals surface area (Å²) in [7, 11) is 0. The first-order valence-corrected chi connectivity index (χ1v) is 11.3. The van der Waals surface area contributed by atoms with Crippen molar-refractivity contribution < 1.29 is 14.3 Å². The van der Waals surface area contributed by atoms with Gasteiger partial charge in [-0.2, -0.15) is 0 Å². The molecule has 0 saturated carbocycles. The highest BCUT2D eigenvalue weighted by Gasteiger charge is 2.10. The Hall–Kier alpha value is -2.78. The molecule has 0 aromatic heterocycles. The van der Waals surface area contributed by atoms with Crippen LogP contribution in [0.1, 0.15) is 49.9 Å². The fraction of sp³-hybridized carbons (Fsp3) is 0.296. The molecule has 162 valence electrons. The Morgan fingerprint density at radius 3 is 1.45 bits per heavy atom. The van der Waals surface area contributed by atoms with Gasteiger partial charge in [-0.1, -0.05) is 51.0 Å². The van der Waals surface area contributed by atoms with E-state index in [1.54, 1.807) is 0 Å². The number of rotatable bonds is 11. The van der Waals surface area contributed by atoms with Gasteiger partial charge >= 0.3 is 0 Å². The summed E-state index contributed by atoms with van der Waals surface area (Å²) in [6, 6.07) is 21.6. The first-order chi connectivity index (χ1) is 15.1. The molecular weight excluding hydrogens is 408 g/mol. The van der Waals surface area contributed by atoms with E-state index in [-0.39, 0.29) is 0 Å². The highest BCUT2D eigenvalue weighted by Crippen LogP contribution is 2.31. The molecule has 0 unspecified atom stereocenters. The summed E-state index contributed by atoms with van der Waals surface area (Å²) < 4.78 is 11.5. The number of halogens is 1. The molecule has 0 fully saturated rings. The van der Waals surface area contributed by atoms with Crippen LogP contribution < -0.4 is 9.47 Å². The van der Waals surface area contributed by atoms with Gasteiger partial charge < -0.3 is 9.47 Å². The summed E-state index contributed by atoms with van der Waals surface area (Å²) in [6.45, 7) is 5.72. The van der Waals surface area contributed by atoms with Crippen LogP contribution in [-0.2, 0) is 0 Å². The number of benzene rings is 3. The van der Waals surface area contributed by atoms with Gasteiger partial charge in [0.2, 0.25) is 0 Å². The van der Waals surface area contributed by atoms with E-state index in [9.17, 15) is 4.79 Å². The predicted octanol–water partition coefficient (Wildman–Crippen LogP) is 7.76. The normalized spacial score (nSPS) is 10.7. The molecule has 0 radical (unpaired) electrons. The summed E-state index contributed by atoms with van der Waals surface area (Å²) in [5, 5.41) is -0.470. The highest BCUT2D eigenvalue weighted by atomic mass is 35.5. The van der Waals surface area contributed by atoms with E-state index in [0.717, 1.165) is 59.4 Å². The SMILES string of the molecule is CCCCOc1ccc(-c2cc(C(=O)Cl)cc(-c3ccc(OCCCC)cc3)c2)cc1. The molecule has 3 aromatic rings. The van der Waals surface area contributed by atoms with Gasteiger partial charge in [-0.05, 0) is 89.2 Å². The maximum absolute atomic E-state index is 11.9. The lowest BCUT2D eigenvalue weighted by molar-refractivity contribution is 0.108. The van der Waals surface area contributed by atoms with Gasteiger partial charge in [-0.15, -0.1) is 0 Å². The predicted molar refractivity (Wildman–Crippen MR) is 128 cm³/mol. The molecule has 3 nitrogen and oxygen atoms in total. The van der Waals surface area contributed by atoms with Gasteiger partial charge in [0.05, 0.1) is 13.2 Å². The number of ether oxygens (including phenoxy) is 2. The topological polar surface area (TPSA) is 35.5 Å². The minimum atomic E-state index is -0.470. The molecule has 0 spiro atoms. The monoisotopic (exact) mass is 436 g/mol. The van der Waals surface area contributed by atoms with E-state index >= 15 is 0 Å². The van der Waals surface area contributed by atoms with E-state index in [2.05, 4.69) is 19.9 Å². The standard InChI is InChI=1S/C27H29ClO3/c1-3-5-15-30-25-11-7-20(8-12-25)22-17-23(19-24(18-22)27(28)29)21-9-13-26(14-10-21)31-16-6-4-2/h7-14,17-19H,3-6,15-16H2,1-2H3. The second kappa shape index (κ2) is 11.6. The number of carbonyl (C=O) groups excluding carboxylic acids is 1. The van der Waals surface area contributed by atoms with Crippen LogP contribution in [0.15, 0.2) is 66.7 Å². The maximum atomic E-state index is 11.9. The average Bonchev–Trinajstić information content (AvgIpc) is 2.80. The van der Waals surface area contributed by atoms with Gasteiger partial charge in [-0.25, -0.2) is 0 Å². The first kappa shape index (κ1) is 22.9. The molecular formula is C27H29ClO3. The van der Waals surface area contributed by atoms with Crippen LogP contribution in [0.3, 0.4) is 0 Å². The number of hydrogen-bond donors (Lipinski definition) is 0. The molecule has 0 amide bonds. The van der Waals surface area contributed by atoms with Crippen molar-refractivity contribution in [2.75, 3.05) is 13.2 Å². The van der Waals surface area contributed by atoms with Crippen LogP contribution in [0.5, 0.6) is 11.5 Å².